The Kier molecular flexibility index (Phi) is 2.81. The molecule has 0 aromatic carbocycles. The van der Waals surface area contributed by atoms with Gasteiger partial charge in [-0.1, -0.05) is 33.3 Å². The highest BCUT2D eigenvalue weighted by molar-refractivity contribution is 6.08. The van der Waals surface area contributed by atoms with Crippen molar-refractivity contribution in [3.05, 3.63) is 12.2 Å². The lowest BCUT2D eigenvalue weighted by Crippen LogP contribution is -2.56. The molecular formula is C19H26O2. The van der Waals surface area contributed by atoms with Crippen LogP contribution in [0.25, 0.3) is 0 Å². The van der Waals surface area contributed by atoms with Crippen LogP contribution in [-0.4, -0.2) is 11.6 Å². The van der Waals surface area contributed by atoms with E-state index in [2.05, 4.69) is 20.4 Å². The Bertz CT molecular complexity index is 534. The molecule has 21 heavy (non-hydrogen) atoms. The number of carbonyl (C=O) groups is 2. The summed E-state index contributed by atoms with van der Waals surface area (Å²) in [5.74, 6) is 2.98. The summed E-state index contributed by atoms with van der Waals surface area (Å²) in [6.07, 6.45) is 6.35. The van der Waals surface area contributed by atoms with E-state index in [-0.39, 0.29) is 23.0 Å². The molecule has 2 bridgehead atoms. The predicted molar refractivity (Wildman–Crippen MR) is 81.6 cm³/mol. The first-order valence-electron chi connectivity index (χ1n) is 8.74. The molecule has 4 rings (SSSR count). The van der Waals surface area contributed by atoms with Gasteiger partial charge in [-0.25, -0.2) is 0 Å². The van der Waals surface area contributed by atoms with Gasteiger partial charge in [0.1, 0.15) is 5.78 Å². The van der Waals surface area contributed by atoms with E-state index >= 15 is 0 Å². The molecule has 7 atom stereocenters. The molecule has 2 heteroatoms. The topological polar surface area (TPSA) is 34.1 Å². The highest BCUT2D eigenvalue weighted by Gasteiger charge is 2.67. The molecule has 4 aliphatic carbocycles. The predicted octanol–water partition coefficient (Wildman–Crippen LogP) is 3.80. The monoisotopic (exact) mass is 286 g/mol. The average molecular weight is 286 g/mol. The summed E-state index contributed by atoms with van der Waals surface area (Å²) < 4.78 is 0. The number of hydrogen-bond donors (Lipinski definition) is 0. The van der Waals surface area contributed by atoms with Crippen LogP contribution in [0.15, 0.2) is 12.2 Å². The first-order chi connectivity index (χ1) is 9.98. The van der Waals surface area contributed by atoms with Crippen LogP contribution in [0.2, 0.25) is 0 Å². The van der Waals surface area contributed by atoms with Crippen LogP contribution in [0.5, 0.6) is 0 Å². The second-order valence-corrected chi connectivity index (χ2v) is 8.21. The van der Waals surface area contributed by atoms with Crippen molar-refractivity contribution in [3.63, 3.8) is 0 Å². The van der Waals surface area contributed by atoms with Crippen LogP contribution in [0.3, 0.4) is 0 Å². The van der Waals surface area contributed by atoms with E-state index in [1.807, 2.05) is 0 Å². The maximum absolute atomic E-state index is 13.0. The van der Waals surface area contributed by atoms with Crippen molar-refractivity contribution in [3.8, 4) is 0 Å². The SMILES string of the molecule is C=C1C(=O)[C@@]23CCC4C(CCC[C@@H]4C)C2C(=O)C[C@@H]1C3C. The number of rotatable bonds is 0. The lowest BCUT2D eigenvalue weighted by Gasteiger charge is -2.55. The maximum atomic E-state index is 13.0. The largest absolute Gasteiger partial charge is 0.299 e. The Morgan fingerprint density at radius 3 is 2.62 bits per heavy atom. The van der Waals surface area contributed by atoms with Crippen molar-refractivity contribution in [2.45, 2.75) is 52.4 Å². The number of fused-ring (bicyclic) bond motifs is 3. The molecule has 4 aliphatic rings. The van der Waals surface area contributed by atoms with Crippen LogP contribution >= 0.6 is 0 Å². The van der Waals surface area contributed by atoms with Crippen molar-refractivity contribution in [2.24, 2.45) is 40.9 Å². The van der Waals surface area contributed by atoms with Gasteiger partial charge in [0.25, 0.3) is 0 Å². The lowest BCUT2D eigenvalue weighted by molar-refractivity contribution is -0.157. The molecule has 0 aromatic rings. The molecular weight excluding hydrogens is 260 g/mol. The van der Waals surface area contributed by atoms with Gasteiger partial charge in [0.2, 0.25) is 0 Å². The summed E-state index contributed by atoms with van der Waals surface area (Å²) in [6, 6.07) is 0. The van der Waals surface area contributed by atoms with Gasteiger partial charge >= 0.3 is 0 Å². The zero-order chi connectivity index (χ0) is 14.9. The molecule has 0 aromatic heterocycles. The molecule has 0 radical (unpaired) electrons. The zero-order valence-corrected chi connectivity index (χ0v) is 13.2. The average Bonchev–Trinajstić information content (AvgIpc) is 2.58. The van der Waals surface area contributed by atoms with Crippen molar-refractivity contribution in [1.29, 1.82) is 0 Å². The Balaban J connectivity index is 1.82. The quantitative estimate of drug-likeness (QED) is 0.635. The highest BCUT2D eigenvalue weighted by Crippen LogP contribution is 2.66. The first-order valence-corrected chi connectivity index (χ1v) is 8.74. The third-order valence-electron chi connectivity index (χ3n) is 7.70. The van der Waals surface area contributed by atoms with E-state index in [9.17, 15) is 9.59 Å². The summed E-state index contributed by atoms with van der Waals surface area (Å²) in [4.78, 5) is 25.9. The smallest absolute Gasteiger partial charge is 0.165 e. The van der Waals surface area contributed by atoms with Gasteiger partial charge in [-0.3, -0.25) is 9.59 Å². The maximum Gasteiger partial charge on any atom is 0.165 e. The third kappa shape index (κ3) is 1.49. The van der Waals surface area contributed by atoms with Gasteiger partial charge in [-0.15, -0.1) is 0 Å². The highest BCUT2D eigenvalue weighted by atomic mass is 16.1. The molecule has 114 valence electrons. The standard InChI is InChI=1S/C19H26O2/c1-10-5-4-6-14-13(10)7-8-19-12(3)15(11(2)18(19)21)9-16(20)17(14)19/h10,12-15,17H,2,4-9H2,1,3H3/t10-,12?,13?,14?,15-,17?,19+/m0/s1. The van der Waals surface area contributed by atoms with Gasteiger partial charge in [-0.2, -0.15) is 0 Å². The second kappa shape index (κ2) is 4.30. The van der Waals surface area contributed by atoms with E-state index in [4.69, 9.17) is 0 Å². The molecule has 4 unspecified atom stereocenters. The van der Waals surface area contributed by atoms with E-state index in [0.29, 0.717) is 30.0 Å². The van der Waals surface area contributed by atoms with Gasteiger partial charge < -0.3 is 0 Å². The zero-order valence-electron chi connectivity index (χ0n) is 13.2. The first kappa shape index (κ1) is 13.7. The third-order valence-corrected chi connectivity index (χ3v) is 7.70. The second-order valence-electron chi connectivity index (χ2n) is 8.21. The number of allylic oxidation sites excluding steroid dienone is 1. The minimum Gasteiger partial charge on any atom is -0.299 e. The lowest BCUT2D eigenvalue weighted by atomic mass is 9.47. The van der Waals surface area contributed by atoms with Gasteiger partial charge in [0.15, 0.2) is 5.78 Å². The Morgan fingerprint density at radius 1 is 1.10 bits per heavy atom. The summed E-state index contributed by atoms with van der Waals surface area (Å²) >= 11 is 0. The number of carbonyl (C=O) groups excluding carboxylic acids is 2. The van der Waals surface area contributed by atoms with E-state index in [1.54, 1.807) is 0 Å². The number of hydrogen-bond acceptors (Lipinski definition) is 2. The molecule has 0 saturated heterocycles. The fourth-order valence-corrected chi connectivity index (χ4v) is 6.65. The van der Waals surface area contributed by atoms with Gasteiger partial charge in [-0.05, 0) is 54.4 Å². The van der Waals surface area contributed by atoms with Crippen LogP contribution in [0.4, 0.5) is 0 Å². The van der Waals surface area contributed by atoms with E-state index in [1.165, 1.54) is 12.8 Å². The summed E-state index contributed by atoms with van der Waals surface area (Å²) in [5, 5.41) is 0. The Morgan fingerprint density at radius 2 is 1.86 bits per heavy atom. The minimum atomic E-state index is -0.366. The van der Waals surface area contributed by atoms with Crippen LogP contribution in [-0.2, 0) is 9.59 Å². The van der Waals surface area contributed by atoms with Crippen molar-refractivity contribution >= 4 is 11.6 Å². The minimum absolute atomic E-state index is 0.0111. The normalized spacial score (nSPS) is 52.6. The summed E-state index contributed by atoms with van der Waals surface area (Å²) in [5.41, 5.74) is 0.399. The fraction of sp³-hybridized carbons (Fsp3) is 0.789. The molecule has 0 aliphatic heterocycles. The summed E-state index contributed by atoms with van der Waals surface area (Å²) in [6.45, 7) is 8.63. The van der Waals surface area contributed by atoms with Crippen molar-refractivity contribution < 1.29 is 9.59 Å². The van der Waals surface area contributed by atoms with E-state index in [0.717, 1.165) is 30.8 Å². The van der Waals surface area contributed by atoms with Crippen LogP contribution in [0, 0.1) is 40.9 Å². The van der Waals surface area contributed by atoms with Crippen molar-refractivity contribution in [1.82, 2.24) is 0 Å². The van der Waals surface area contributed by atoms with Crippen molar-refractivity contribution in [2.75, 3.05) is 0 Å². The Labute approximate surface area is 127 Å². The molecule has 4 saturated carbocycles. The number of Topliss-reactive ketones (excluding diaryl/α,β-unsaturated/α-hetero) is 2. The van der Waals surface area contributed by atoms with Gasteiger partial charge in [0, 0.05) is 17.8 Å². The summed E-state index contributed by atoms with van der Waals surface area (Å²) in [7, 11) is 0. The molecule has 0 heterocycles. The fourth-order valence-electron chi connectivity index (χ4n) is 6.65. The number of ketones is 2. The molecule has 0 N–H and O–H groups in total. The molecule has 0 amide bonds. The molecule has 2 nitrogen and oxygen atoms in total. The molecule has 4 fully saturated rings. The van der Waals surface area contributed by atoms with Crippen LogP contribution < -0.4 is 0 Å². The molecule has 1 spiro atoms. The Hall–Kier alpha value is -0.920. The van der Waals surface area contributed by atoms with E-state index < -0.39 is 0 Å². The van der Waals surface area contributed by atoms with Crippen LogP contribution in [0.1, 0.15) is 52.4 Å². The van der Waals surface area contributed by atoms with Gasteiger partial charge in [0.05, 0.1) is 0 Å².